The molecule has 1 aromatic heterocycles. The maximum absolute atomic E-state index is 13.6. The van der Waals surface area contributed by atoms with E-state index in [4.69, 9.17) is 4.74 Å². The van der Waals surface area contributed by atoms with E-state index in [0.717, 1.165) is 47.1 Å². The van der Waals surface area contributed by atoms with Crippen LogP contribution in [0.1, 0.15) is 81.9 Å². The molecule has 1 amide bonds. The number of para-hydroxylation sites is 1. The van der Waals surface area contributed by atoms with Crippen molar-refractivity contribution < 1.29 is 19.1 Å². The molecule has 2 aliphatic rings. The lowest BCUT2D eigenvalue weighted by molar-refractivity contribution is -0.133. The molecule has 1 fully saturated rings. The minimum Gasteiger partial charge on any atom is -0.496 e. The first kappa shape index (κ1) is 25.9. The van der Waals surface area contributed by atoms with Gasteiger partial charge in [-0.2, -0.15) is 0 Å². The van der Waals surface area contributed by atoms with E-state index in [1.807, 2.05) is 43.0 Å². The van der Waals surface area contributed by atoms with E-state index in [1.165, 1.54) is 0 Å². The highest BCUT2D eigenvalue weighted by molar-refractivity contribution is 6.10. The standard InChI is InChI=1S/C30H38N2O4/c1-18-15-28(35)25(29(16-18)36-6)11-12-27(34)30-21(4)32(26-10-8-7-9-24(26)30)20(3)23-13-14-31(22(5)33)19(2)17-23/h7-10,16,19-20,23H,11-15,17H2,1-6H3. The van der Waals surface area contributed by atoms with Gasteiger partial charge in [-0.3, -0.25) is 14.4 Å². The molecule has 36 heavy (non-hydrogen) atoms. The third-order valence-corrected chi connectivity index (χ3v) is 8.12. The second-order valence-electron chi connectivity index (χ2n) is 10.5. The Hall–Kier alpha value is -3.15. The van der Waals surface area contributed by atoms with E-state index in [0.29, 0.717) is 30.1 Å². The highest BCUT2D eigenvalue weighted by Gasteiger charge is 2.33. The average Bonchev–Trinajstić information content (AvgIpc) is 3.13. The molecule has 1 aliphatic carbocycles. The first-order valence-electron chi connectivity index (χ1n) is 13.0. The number of amides is 1. The van der Waals surface area contributed by atoms with Crippen molar-refractivity contribution in [2.24, 2.45) is 5.92 Å². The highest BCUT2D eigenvalue weighted by Crippen LogP contribution is 2.38. The number of carbonyl (C=O) groups excluding carboxylic acids is 3. The third kappa shape index (κ3) is 4.78. The molecule has 0 spiro atoms. The minimum absolute atomic E-state index is 0.0402. The Morgan fingerprint density at radius 2 is 1.92 bits per heavy atom. The second kappa shape index (κ2) is 10.5. The molecule has 0 bridgehead atoms. The van der Waals surface area contributed by atoms with Gasteiger partial charge in [0.05, 0.1) is 7.11 Å². The minimum atomic E-state index is 0.0402. The number of ether oxygens (including phenoxy) is 1. The topological polar surface area (TPSA) is 68.6 Å². The summed E-state index contributed by atoms with van der Waals surface area (Å²) in [5.74, 6) is 1.22. The Morgan fingerprint density at radius 3 is 2.58 bits per heavy atom. The highest BCUT2D eigenvalue weighted by atomic mass is 16.5. The molecule has 2 heterocycles. The Balaban J connectivity index is 1.62. The zero-order chi connectivity index (χ0) is 26.1. The van der Waals surface area contributed by atoms with Crippen molar-refractivity contribution in [1.29, 1.82) is 0 Å². The van der Waals surface area contributed by atoms with Crippen molar-refractivity contribution in [3.8, 4) is 0 Å². The number of nitrogens with zero attached hydrogens (tertiary/aromatic N) is 2. The van der Waals surface area contributed by atoms with Gasteiger partial charge in [-0.15, -0.1) is 0 Å². The largest absolute Gasteiger partial charge is 0.496 e. The fourth-order valence-corrected chi connectivity index (χ4v) is 6.26. The van der Waals surface area contributed by atoms with Gasteiger partial charge in [-0.05, 0) is 65.0 Å². The quantitative estimate of drug-likeness (QED) is 0.451. The van der Waals surface area contributed by atoms with Crippen LogP contribution in [0.4, 0.5) is 0 Å². The lowest BCUT2D eigenvalue weighted by Crippen LogP contribution is -2.44. The predicted octanol–water partition coefficient (Wildman–Crippen LogP) is 5.94. The molecule has 2 aromatic rings. The number of hydrogen-bond acceptors (Lipinski definition) is 4. The van der Waals surface area contributed by atoms with Crippen LogP contribution in [-0.4, -0.2) is 46.6 Å². The van der Waals surface area contributed by atoms with Gasteiger partial charge in [-0.1, -0.05) is 23.8 Å². The summed E-state index contributed by atoms with van der Waals surface area (Å²) in [4.78, 5) is 40.2. The van der Waals surface area contributed by atoms with E-state index in [-0.39, 0.29) is 36.0 Å². The summed E-state index contributed by atoms with van der Waals surface area (Å²) >= 11 is 0. The maximum Gasteiger partial charge on any atom is 0.219 e. The number of benzene rings is 1. The van der Waals surface area contributed by atoms with E-state index >= 15 is 0 Å². The number of fused-ring (bicyclic) bond motifs is 1. The van der Waals surface area contributed by atoms with Crippen LogP contribution in [0.3, 0.4) is 0 Å². The third-order valence-electron chi connectivity index (χ3n) is 8.12. The number of rotatable bonds is 7. The molecule has 192 valence electrons. The number of Topliss-reactive ketones (excluding diaryl/α,β-unsaturated/α-hetero) is 2. The Bertz CT molecular complexity index is 1270. The van der Waals surface area contributed by atoms with Crippen LogP contribution in [0.5, 0.6) is 0 Å². The van der Waals surface area contributed by atoms with Crippen LogP contribution in [0.2, 0.25) is 0 Å². The first-order chi connectivity index (χ1) is 17.1. The van der Waals surface area contributed by atoms with Gasteiger partial charge in [0.2, 0.25) is 5.91 Å². The van der Waals surface area contributed by atoms with E-state index in [2.05, 4.69) is 24.5 Å². The fourth-order valence-electron chi connectivity index (χ4n) is 6.26. The average molecular weight is 491 g/mol. The van der Waals surface area contributed by atoms with Crippen molar-refractivity contribution in [3.05, 3.63) is 58.5 Å². The molecule has 6 nitrogen and oxygen atoms in total. The molecule has 1 aliphatic heterocycles. The van der Waals surface area contributed by atoms with Crippen LogP contribution in [-0.2, 0) is 14.3 Å². The number of allylic oxidation sites excluding steroid dienone is 3. The Morgan fingerprint density at radius 1 is 1.19 bits per heavy atom. The van der Waals surface area contributed by atoms with Gasteiger partial charge in [0.1, 0.15) is 5.76 Å². The maximum atomic E-state index is 13.6. The molecule has 3 unspecified atom stereocenters. The molecular formula is C30H38N2O4. The van der Waals surface area contributed by atoms with Crippen LogP contribution >= 0.6 is 0 Å². The molecule has 1 saturated heterocycles. The Kier molecular flexibility index (Phi) is 7.53. The predicted molar refractivity (Wildman–Crippen MR) is 142 cm³/mol. The summed E-state index contributed by atoms with van der Waals surface area (Å²) in [6.07, 6.45) is 4.81. The summed E-state index contributed by atoms with van der Waals surface area (Å²) < 4.78 is 7.77. The zero-order valence-electron chi connectivity index (χ0n) is 22.4. The second-order valence-corrected chi connectivity index (χ2v) is 10.5. The molecule has 1 aromatic carbocycles. The number of ketones is 2. The van der Waals surface area contributed by atoms with Crippen molar-refractivity contribution >= 4 is 28.4 Å². The van der Waals surface area contributed by atoms with E-state index in [9.17, 15) is 14.4 Å². The molecule has 0 N–H and O–H groups in total. The van der Waals surface area contributed by atoms with E-state index in [1.54, 1.807) is 14.0 Å². The van der Waals surface area contributed by atoms with Gasteiger partial charge in [0.25, 0.3) is 0 Å². The summed E-state index contributed by atoms with van der Waals surface area (Å²) in [7, 11) is 1.57. The van der Waals surface area contributed by atoms with Crippen molar-refractivity contribution in [3.63, 3.8) is 0 Å². The summed E-state index contributed by atoms with van der Waals surface area (Å²) in [6.45, 7) is 10.7. The summed E-state index contributed by atoms with van der Waals surface area (Å²) in [5, 5.41) is 0.965. The smallest absolute Gasteiger partial charge is 0.219 e. The number of methoxy groups -OCH3 is 1. The monoisotopic (exact) mass is 490 g/mol. The van der Waals surface area contributed by atoms with Gasteiger partial charge in [0.15, 0.2) is 11.6 Å². The van der Waals surface area contributed by atoms with Gasteiger partial charge in [-0.25, -0.2) is 0 Å². The first-order valence-corrected chi connectivity index (χ1v) is 13.0. The van der Waals surface area contributed by atoms with Crippen LogP contribution in [0, 0.1) is 12.8 Å². The lowest BCUT2D eigenvalue weighted by atomic mass is 9.86. The van der Waals surface area contributed by atoms with Crippen molar-refractivity contribution in [2.45, 2.75) is 78.8 Å². The number of carbonyl (C=O) groups is 3. The van der Waals surface area contributed by atoms with Gasteiger partial charge >= 0.3 is 0 Å². The fraction of sp³-hybridized carbons (Fsp3) is 0.500. The number of likely N-dealkylation sites (tertiary alicyclic amines) is 1. The SMILES string of the molecule is COC1=C(CCC(=O)c2c(C)n(C(C)C3CCN(C(C)=O)C(C)C3)c3ccccc23)C(=O)CC(C)=C1. The van der Waals surface area contributed by atoms with Crippen LogP contribution < -0.4 is 0 Å². The molecular weight excluding hydrogens is 452 g/mol. The summed E-state index contributed by atoms with van der Waals surface area (Å²) in [5.41, 5.74) is 4.38. The van der Waals surface area contributed by atoms with Gasteiger partial charge < -0.3 is 14.2 Å². The van der Waals surface area contributed by atoms with Crippen molar-refractivity contribution in [2.75, 3.05) is 13.7 Å². The molecule has 4 rings (SSSR count). The molecule has 3 atom stereocenters. The zero-order valence-corrected chi connectivity index (χ0v) is 22.4. The van der Waals surface area contributed by atoms with Crippen LogP contribution in [0.15, 0.2) is 47.2 Å². The van der Waals surface area contributed by atoms with Crippen LogP contribution in [0.25, 0.3) is 10.9 Å². The molecule has 6 heteroatoms. The van der Waals surface area contributed by atoms with Crippen molar-refractivity contribution in [1.82, 2.24) is 9.47 Å². The lowest BCUT2D eigenvalue weighted by Gasteiger charge is -2.40. The Labute approximate surface area is 214 Å². The normalized spacial score (nSPS) is 21.6. The number of hydrogen-bond donors (Lipinski definition) is 0. The summed E-state index contributed by atoms with van der Waals surface area (Å²) in [6, 6.07) is 8.52. The molecule has 0 radical (unpaired) electrons. The number of aromatic nitrogens is 1. The molecule has 0 saturated carbocycles. The number of piperidine rings is 1. The van der Waals surface area contributed by atoms with Gasteiger partial charge in [0, 0.05) is 66.1 Å². The van der Waals surface area contributed by atoms with E-state index < -0.39 is 0 Å².